The van der Waals surface area contributed by atoms with Gasteiger partial charge in [0.2, 0.25) is 11.8 Å². The quantitative estimate of drug-likeness (QED) is 0.815. The molecule has 1 aromatic carbocycles. The third kappa shape index (κ3) is 5.49. The number of hydrogen-bond donors (Lipinski definition) is 1. The van der Waals surface area contributed by atoms with Gasteiger partial charge < -0.3 is 15.0 Å². The summed E-state index contributed by atoms with van der Waals surface area (Å²) in [5.41, 5.74) is 1.19. The molecule has 5 heteroatoms. The molecule has 3 rings (SSSR count). The molecule has 2 amide bonds. The fourth-order valence-electron chi connectivity index (χ4n) is 4.52. The molecular formula is C23H34N2O3. The third-order valence-corrected chi connectivity index (χ3v) is 6.29. The summed E-state index contributed by atoms with van der Waals surface area (Å²) < 4.78 is 5.16. The van der Waals surface area contributed by atoms with Gasteiger partial charge in [0.15, 0.2) is 0 Å². The lowest BCUT2D eigenvalue weighted by molar-refractivity contribution is -0.140. The van der Waals surface area contributed by atoms with Crippen molar-refractivity contribution in [2.75, 3.05) is 26.7 Å². The Labute approximate surface area is 168 Å². The van der Waals surface area contributed by atoms with Gasteiger partial charge in [-0.2, -0.15) is 0 Å². The Hall–Kier alpha value is -2.04. The molecule has 1 atom stereocenters. The molecule has 1 heterocycles. The van der Waals surface area contributed by atoms with Crippen molar-refractivity contribution in [3.63, 3.8) is 0 Å². The Bertz CT molecular complexity index is 650. The molecule has 0 radical (unpaired) electrons. The Morgan fingerprint density at radius 3 is 2.39 bits per heavy atom. The lowest BCUT2D eigenvalue weighted by Gasteiger charge is -2.35. The number of rotatable bonds is 6. The van der Waals surface area contributed by atoms with Gasteiger partial charge in [-0.15, -0.1) is 0 Å². The monoisotopic (exact) mass is 386 g/mol. The van der Waals surface area contributed by atoms with Gasteiger partial charge in [-0.1, -0.05) is 19.1 Å². The molecule has 1 saturated heterocycles. The van der Waals surface area contributed by atoms with E-state index in [1.807, 2.05) is 24.3 Å². The van der Waals surface area contributed by atoms with Crippen LogP contribution in [-0.4, -0.2) is 43.5 Å². The number of amides is 2. The highest BCUT2D eigenvalue weighted by Crippen LogP contribution is 2.31. The first kappa shape index (κ1) is 20.7. The standard InChI is InChI=1S/C23H34N2O3/c1-17-4-3-15-25(16-17)23(27)20-9-7-19(8-10-20)22(26)24-14-13-18-5-11-21(28-2)12-6-18/h5-6,11-12,17,19-20H,3-4,7-10,13-16H2,1-2H3,(H,24,26). The van der Waals surface area contributed by atoms with Crippen molar-refractivity contribution in [3.8, 4) is 5.75 Å². The minimum absolute atomic E-state index is 0.0557. The molecule has 1 N–H and O–H groups in total. The summed E-state index contributed by atoms with van der Waals surface area (Å²) >= 11 is 0. The minimum atomic E-state index is 0.0557. The molecule has 0 spiro atoms. The predicted octanol–water partition coefficient (Wildman–Crippen LogP) is 3.42. The number of ether oxygens (including phenoxy) is 1. The largest absolute Gasteiger partial charge is 0.497 e. The zero-order valence-electron chi connectivity index (χ0n) is 17.3. The van der Waals surface area contributed by atoms with Crippen molar-refractivity contribution >= 4 is 11.8 Å². The lowest BCUT2D eigenvalue weighted by Crippen LogP contribution is -2.44. The van der Waals surface area contributed by atoms with E-state index in [-0.39, 0.29) is 17.7 Å². The van der Waals surface area contributed by atoms with Crippen LogP contribution in [0.4, 0.5) is 0 Å². The molecule has 28 heavy (non-hydrogen) atoms. The van der Waals surface area contributed by atoms with Crippen LogP contribution in [0.3, 0.4) is 0 Å². The van der Waals surface area contributed by atoms with Gasteiger partial charge in [0, 0.05) is 31.5 Å². The first-order chi connectivity index (χ1) is 13.6. The number of piperidine rings is 1. The third-order valence-electron chi connectivity index (χ3n) is 6.29. The van der Waals surface area contributed by atoms with Crippen LogP contribution in [0.2, 0.25) is 0 Å². The Balaban J connectivity index is 1.37. The first-order valence-electron chi connectivity index (χ1n) is 10.8. The lowest BCUT2D eigenvalue weighted by atomic mass is 9.80. The van der Waals surface area contributed by atoms with Gasteiger partial charge >= 0.3 is 0 Å². The van der Waals surface area contributed by atoms with E-state index in [2.05, 4.69) is 17.1 Å². The van der Waals surface area contributed by atoms with E-state index in [0.717, 1.165) is 57.4 Å². The zero-order valence-corrected chi connectivity index (χ0v) is 17.3. The van der Waals surface area contributed by atoms with E-state index < -0.39 is 0 Å². The highest BCUT2D eigenvalue weighted by atomic mass is 16.5. The molecule has 1 aliphatic heterocycles. The summed E-state index contributed by atoms with van der Waals surface area (Å²) in [5.74, 6) is 2.10. The number of hydrogen-bond acceptors (Lipinski definition) is 3. The molecule has 1 aromatic rings. The molecule has 0 aromatic heterocycles. The van der Waals surface area contributed by atoms with Crippen LogP contribution < -0.4 is 10.1 Å². The normalized spacial score (nSPS) is 25.2. The van der Waals surface area contributed by atoms with Crippen molar-refractivity contribution in [2.45, 2.75) is 51.9 Å². The number of likely N-dealkylation sites (tertiary alicyclic amines) is 1. The molecule has 2 aliphatic rings. The highest BCUT2D eigenvalue weighted by molar-refractivity contribution is 5.81. The molecule has 0 bridgehead atoms. The topological polar surface area (TPSA) is 58.6 Å². The smallest absolute Gasteiger partial charge is 0.225 e. The second-order valence-corrected chi connectivity index (χ2v) is 8.47. The number of nitrogens with zero attached hydrogens (tertiary/aromatic N) is 1. The van der Waals surface area contributed by atoms with Gasteiger partial charge in [-0.3, -0.25) is 9.59 Å². The van der Waals surface area contributed by atoms with Gasteiger partial charge in [-0.05, 0) is 68.6 Å². The van der Waals surface area contributed by atoms with Crippen molar-refractivity contribution in [1.29, 1.82) is 0 Å². The Morgan fingerprint density at radius 2 is 1.75 bits per heavy atom. The van der Waals surface area contributed by atoms with E-state index in [1.54, 1.807) is 7.11 Å². The summed E-state index contributed by atoms with van der Waals surface area (Å²) in [6, 6.07) is 7.95. The maximum Gasteiger partial charge on any atom is 0.225 e. The van der Waals surface area contributed by atoms with Crippen LogP contribution in [-0.2, 0) is 16.0 Å². The van der Waals surface area contributed by atoms with Gasteiger partial charge in [-0.25, -0.2) is 0 Å². The molecular weight excluding hydrogens is 352 g/mol. The molecule has 2 fully saturated rings. The fourth-order valence-corrected chi connectivity index (χ4v) is 4.52. The summed E-state index contributed by atoms with van der Waals surface area (Å²) in [4.78, 5) is 27.3. The van der Waals surface area contributed by atoms with Crippen LogP contribution >= 0.6 is 0 Å². The van der Waals surface area contributed by atoms with Crippen molar-refractivity contribution in [2.24, 2.45) is 17.8 Å². The van der Waals surface area contributed by atoms with Crippen LogP contribution in [0.5, 0.6) is 5.75 Å². The zero-order chi connectivity index (χ0) is 19.9. The average Bonchev–Trinajstić information content (AvgIpc) is 2.73. The van der Waals surface area contributed by atoms with Crippen LogP contribution in [0.15, 0.2) is 24.3 Å². The molecule has 5 nitrogen and oxygen atoms in total. The maximum atomic E-state index is 12.8. The van der Waals surface area contributed by atoms with E-state index in [1.165, 1.54) is 12.0 Å². The second kappa shape index (κ2) is 9.94. The van der Waals surface area contributed by atoms with Crippen LogP contribution in [0.25, 0.3) is 0 Å². The van der Waals surface area contributed by atoms with E-state index in [0.29, 0.717) is 18.4 Å². The molecule has 1 aliphatic carbocycles. The molecule has 1 saturated carbocycles. The molecule has 154 valence electrons. The number of methoxy groups -OCH3 is 1. The van der Waals surface area contributed by atoms with Crippen LogP contribution in [0, 0.1) is 17.8 Å². The van der Waals surface area contributed by atoms with E-state index in [4.69, 9.17) is 4.74 Å². The second-order valence-electron chi connectivity index (χ2n) is 8.47. The van der Waals surface area contributed by atoms with Gasteiger partial charge in [0.05, 0.1) is 7.11 Å². The van der Waals surface area contributed by atoms with E-state index >= 15 is 0 Å². The fraction of sp³-hybridized carbons (Fsp3) is 0.652. The number of benzene rings is 1. The van der Waals surface area contributed by atoms with Crippen LogP contribution in [0.1, 0.15) is 51.0 Å². The minimum Gasteiger partial charge on any atom is -0.497 e. The summed E-state index contributed by atoms with van der Waals surface area (Å²) in [5, 5.41) is 3.08. The predicted molar refractivity (Wildman–Crippen MR) is 110 cm³/mol. The van der Waals surface area contributed by atoms with Crippen molar-refractivity contribution in [3.05, 3.63) is 29.8 Å². The number of carbonyl (C=O) groups is 2. The first-order valence-corrected chi connectivity index (χ1v) is 10.8. The Morgan fingerprint density at radius 1 is 1.07 bits per heavy atom. The molecule has 1 unspecified atom stereocenters. The van der Waals surface area contributed by atoms with Crippen molar-refractivity contribution < 1.29 is 14.3 Å². The summed E-state index contributed by atoms with van der Waals surface area (Å²) in [7, 11) is 1.66. The summed E-state index contributed by atoms with van der Waals surface area (Å²) in [6.07, 6.45) is 6.52. The average molecular weight is 387 g/mol. The van der Waals surface area contributed by atoms with E-state index in [9.17, 15) is 9.59 Å². The number of carbonyl (C=O) groups excluding carboxylic acids is 2. The highest BCUT2D eigenvalue weighted by Gasteiger charge is 2.33. The maximum absolute atomic E-state index is 12.8. The Kier molecular flexibility index (Phi) is 7.35. The summed E-state index contributed by atoms with van der Waals surface area (Å²) in [6.45, 7) is 4.70. The van der Waals surface area contributed by atoms with Gasteiger partial charge in [0.1, 0.15) is 5.75 Å². The SMILES string of the molecule is COc1ccc(CCNC(=O)C2CCC(C(=O)N3CCCC(C)C3)CC2)cc1. The van der Waals surface area contributed by atoms with Gasteiger partial charge in [0.25, 0.3) is 0 Å². The van der Waals surface area contributed by atoms with Crippen molar-refractivity contribution in [1.82, 2.24) is 10.2 Å². The number of nitrogens with one attached hydrogen (secondary N) is 1.